The fraction of sp³-hybridized carbons (Fsp3) is 0.917. The molecule has 124 valence electrons. The molecular weight excluding hydrogens is 306 g/mol. The molecule has 0 aromatic rings. The Morgan fingerprint density at radius 3 is 2.00 bits per heavy atom. The van der Waals surface area contributed by atoms with E-state index in [0.717, 1.165) is 0 Å². The summed E-state index contributed by atoms with van der Waals surface area (Å²) in [5.41, 5.74) is -4.50. The predicted molar refractivity (Wildman–Crippen MR) is 59.3 cm³/mol. The molecule has 3 nitrogen and oxygen atoms in total. The summed E-state index contributed by atoms with van der Waals surface area (Å²) in [6.45, 7) is 0.303. The zero-order valence-electron chi connectivity index (χ0n) is 11.3. The van der Waals surface area contributed by atoms with E-state index >= 15 is 0 Å². The van der Waals surface area contributed by atoms with Crippen LogP contribution >= 0.6 is 0 Å². The van der Waals surface area contributed by atoms with Crippen molar-refractivity contribution in [2.75, 3.05) is 19.8 Å². The normalized spacial score (nSPS) is 18.6. The quantitative estimate of drug-likeness (QED) is 0.587. The molecule has 0 aromatic heterocycles. The maximum Gasteiger partial charge on any atom is 0.413 e. The fourth-order valence-corrected chi connectivity index (χ4v) is 1.89. The van der Waals surface area contributed by atoms with E-state index < -0.39 is 30.3 Å². The van der Waals surface area contributed by atoms with Crippen LogP contribution in [0.2, 0.25) is 0 Å². The monoisotopic (exact) mass is 322 g/mol. The molecule has 1 fully saturated rings. The highest BCUT2D eigenvalue weighted by molar-refractivity contribution is 5.78. The van der Waals surface area contributed by atoms with Gasteiger partial charge < -0.3 is 9.47 Å². The van der Waals surface area contributed by atoms with Gasteiger partial charge in [-0.25, -0.2) is 0 Å². The number of carbonyl (C=O) groups excluding carboxylic acids is 1. The van der Waals surface area contributed by atoms with E-state index in [4.69, 9.17) is 4.74 Å². The predicted octanol–water partition coefficient (Wildman–Crippen LogP) is 3.48. The Morgan fingerprint density at radius 2 is 1.57 bits per heavy atom. The van der Waals surface area contributed by atoms with Crippen LogP contribution in [0.3, 0.4) is 0 Å². The SMILES string of the molecule is CC(C(=O)OCCC1CCOCC1)(C(F)(F)F)C(F)(F)F. The highest BCUT2D eigenvalue weighted by Gasteiger charge is 2.73. The lowest BCUT2D eigenvalue weighted by molar-refractivity contribution is -0.326. The molecule has 0 N–H and O–H groups in total. The van der Waals surface area contributed by atoms with Gasteiger partial charge in [0.25, 0.3) is 5.41 Å². The van der Waals surface area contributed by atoms with Crippen LogP contribution in [-0.2, 0) is 14.3 Å². The maximum absolute atomic E-state index is 12.6. The average Bonchev–Trinajstić information content (AvgIpc) is 2.36. The number of ether oxygens (including phenoxy) is 2. The van der Waals surface area contributed by atoms with Crippen molar-refractivity contribution in [3.63, 3.8) is 0 Å². The molecule has 1 saturated heterocycles. The Labute approximate surface area is 117 Å². The summed E-state index contributed by atoms with van der Waals surface area (Å²) in [5, 5.41) is 0. The van der Waals surface area contributed by atoms with Gasteiger partial charge in [0.2, 0.25) is 0 Å². The molecule has 0 aromatic carbocycles. The zero-order chi connectivity index (χ0) is 16.3. The minimum Gasteiger partial charge on any atom is -0.465 e. The minimum absolute atomic E-state index is 0.0783. The van der Waals surface area contributed by atoms with Gasteiger partial charge in [0.1, 0.15) is 0 Å². The molecule has 0 bridgehead atoms. The summed E-state index contributed by atoms with van der Waals surface area (Å²) in [4.78, 5) is 11.3. The number of halogens is 6. The third-order valence-corrected chi connectivity index (χ3v) is 3.64. The third-order valence-electron chi connectivity index (χ3n) is 3.64. The first-order valence-corrected chi connectivity index (χ1v) is 6.38. The Kier molecular flexibility index (Phi) is 5.51. The van der Waals surface area contributed by atoms with E-state index in [1.165, 1.54) is 0 Å². The first kappa shape index (κ1) is 18.1. The molecule has 0 amide bonds. The number of alkyl halides is 6. The Morgan fingerprint density at radius 1 is 1.10 bits per heavy atom. The molecule has 0 saturated carbocycles. The molecule has 1 heterocycles. The van der Waals surface area contributed by atoms with Gasteiger partial charge in [0.05, 0.1) is 6.61 Å². The Bertz CT molecular complexity index is 343. The summed E-state index contributed by atoms with van der Waals surface area (Å²) in [6, 6.07) is 0. The van der Waals surface area contributed by atoms with Gasteiger partial charge in [-0.3, -0.25) is 4.79 Å². The van der Waals surface area contributed by atoms with Crippen LogP contribution in [-0.4, -0.2) is 38.1 Å². The number of esters is 1. The first-order chi connectivity index (χ1) is 9.50. The van der Waals surface area contributed by atoms with Crippen LogP contribution in [0.15, 0.2) is 0 Å². The maximum atomic E-state index is 12.6. The van der Waals surface area contributed by atoms with E-state index in [1.807, 2.05) is 0 Å². The molecule has 0 aliphatic carbocycles. The molecule has 1 rings (SSSR count). The molecule has 0 radical (unpaired) electrons. The number of hydrogen-bond donors (Lipinski definition) is 0. The average molecular weight is 322 g/mol. The minimum atomic E-state index is -5.76. The number of rotatable bonds is 4. The molecule has 21 heavy (non-hydrogen) atoms. The molecule has 1 aliphatic rings. The highest BCUT2D eigenvalue weighted by atomic mass is 19.4. The third kappa shape index (κ3) is 4.02. The van der Waals surface area contributed by atoms with E-state index in [1.54, 1.807) is 0 Å². The second-order valence-corrected chi connectivity index (χ2v) is 5.10. The van der Waals surface area contributed by atoms with Crippen molar-refractivity contribution in [1.82, 2.24) is 0 Å². The summed E-state index contributed by atoms with van der Waals surface area (Å²) in [5.74, 6) is -2.23. The first-order valence-electron chi connectivity index (χ1n) is 6.38. The van der Waals surface area contributed by atoms with Crippen LogP contribution in [0.5, 0.6) is 0 Å². The van der Waals surface area contributed by atoms with Crippen LogP contribution in [0.4, 0.5) is 26.3 Å². The van der Waals surface area contributed by atoms with Crippen molar-refractivity contribution in [2.24, 2.45) is 11.3 Å². The summed E-state index contributed by atoms with van der Waals surface area (Å²) >= 11 is 0. The van der Waals surface area contributed by atoms with Crippen molar-refractivity contribution < 1.29 is 40.6 Å². The van der Waals surface area contributed by atoms with E-state index in [0.29, 0.717) is 26.1 Å². The second kappa shape index (κ2) is 6.41. The lowest BCUT2D eigenvalue weighted by Crippen LogP contribution is -2.54. The van der Waals surface area contributed by atoms with Crippen molar-refractivity contribution in [1.29, 1.82) is 0 Å². The van der Waals surface area contributed by atoms with Crippen LogP contribution in [0.1, 0.15) is 26.2 Å². The van der Waals surface area contributed by atoms with Gasteiger partial charge in [0.15, 0.2) is 0 Å². The standard InChI is InChI=1S/C12H16F6O3/c1-10(11(13,14)15,12(16,17)18)9(19)21-7-4-8-2-5-20-6-3-8/h8H,2-7H2,1H3. The van der Waals surface area contributed by atoms with Crippen LogP contribution in [0, 0.1) is 11.3 Å². The molecule has 1 aliphatic heterocycles. The summed E-state index contributed by atoms with van der Waals surface area (Å²) in [6.07, 6.45) is -10.0. The zero-order valence-corrected chi connectivity index (χ0v) is 11.3. The van der Waals surface area contributed by atoms with Gasteiger partial charge in [-0.05, 0) is 32.1 Å². The lowest BCUT2D eigenvalue weighted by atomic mass is 9.89. The second-order valence-electron chi connectivity index (χ2n) is 5.10. The van der Waals surface area contributed by atoms with Crippen LogP contribution < -0.4 is 0 Å². The molecular formula is C12H16F6O3. The molecule has 0 spiro atoms. The summed E-state index contributed by atoms with van der Waals surface area (Å²) in [7, 11) is 0. The van der Waals surface area contributed by atoms with E-state index in [-0.39, 0.29) is 19.3 Å². The van der Waals surface area contributed by atoms with Gasteiger partial charge in [-0.15, -0.1) is 0 Å². The highest BCUT2D eigenvalue weighted by Crippen LogP contribution is 2.50. The Balaban J connectivity index is 2.62. The topological polar surface area (TPSA) is 35.5 Å². The fourth-order valence-electron chi connectivity index (χ4n) is 1.89. The summed E-state index contributed by atoms with van der Waals surface area (Å²) < 4.78 is 84.9. The smallest absolute Gasteiger partial charge is 0.413 e. The van der Waals surface area contributed by atoms with Crippen LogP contribution in [0.25, 0.3) is 0 Å². The Hall–Kier alpha value is -0.990. The molecule has 9 heteroatoms. The largest absolute Gasteiger partial charge is 0.465 e. The van der Waals surface area contributed by atoms with Gasteiger partial charge in [-0.1, -0.05) is 0 Å². The lowest BCUT2D eigenvalue weighted by Gasteiger charge is -2.31. The van der Waals surface area contributed by atoms with E-state index in [2.05, 4.69) is 4.74 Å². The van der Waals surface area contributed by atoms with Gasteiger partial charge in [-0.2, -0.15) is 26.3 Å². The van der Waals surface area contributed by atoms with Crippen molar-refractivity contribution in [3.05, 3.63) is 0 Å². The van der Waals surface area contributed by atoms with Crippen molar-refractivity contribution in [2.45, 2.75) is 38.5 Å². The number of hydrogen-bond acceptors (Lipinski definition) is 3. The van der Waals surface area contributed by atoms with Crippen molar-refractivity contribution >= 4 is 5.97 Å². The van der Waals surface area contributed by atoms with Gasteiger partial charge >= 0.3 is 18.3 Å². The molecule has 0 atom stereocenters. The number of carbonyl (C=O) groups is 1. The van der Waals surface area contributed by atoms with E-state index in [9.17, 15) is 31.1 Å². The van der Waals surface area contributed by atoms with Crippen molar-refractivity contribution in [3.8, 4) is 0 Å². The molecule has 0 unspecified atom stereocenters. The van der Waals surface area contributed by atoms with Gasteiger partial charge in [0, 0.05) is 13.2 Å².